The van der Waals surface area contributed by atoms with E-state index in [1.807, 2.05) is 6.92 Å². The lowest BCUT2D eigenvalue weighted by molar-refractivity contribution is 0.360. The highest BCUT2D eigenvalue weighted by Crippen LogP contribution is 2.32. The van der Waals surface area contributed by atoms with Crippen LogP contribution in [0.3, 0.4) is 0 Å². The van der Waals surface area contributed by atoms with Crippen LogP contribution in [0.4, 0.5) is 0 Å². The number of hydrogen-bond acceptors (Lipinski definition) is 2. The van der Waals surface area contributed by atoms with Crippen LogP contribution in [-0.2, 0) is 6.42 Å². The summed E-state index contributed by atoms with van der Waals surface area (Å²) >= 11 is 14.2. The molecule has 0 atom stereocenters. The molecular formula is C11H11BrCl2O2. The van der Waals surface area contributed by atoms with Gasteiger partial charge in [0.25, 0.3) is 0 Å². The minimum absolute atomic E-state index is 0.175. The van der Waals surface area contributed by atoms with Crippen LogP contribution in [0.25, 0.3) is 0 Å². The summed E-state index contributed by atoms with van der Waals surface area (Å²) in [7, 11) is 0. The topological polar surface area (TPSA) is 29.5 Å². The largest absolute Gasteiger partial charge is 0.506 e. The minimum atomic E-state index is 0.175. The fraction of sp³-hybridized carbons (Fsp3) is 0.273. The van der Waals surface area contributed by atoms with Crippen molar-refractivity contribution in [2.75, 3.05) is 6.61 Å². The average Bonchev–Trinajstić information content (AvgIpc) is 2.22. The zero-order valence-corrected chi connectivity index (χ0v) is 11.7. The third-order valence-corrected chi connectivity index (χ3v) is 2.90. The molecule has 2 nitrogen and oxygen atoms in total. The van der Waals surface area contributed by atoms with Gasteiger partial charge in [-0.05, 0) is 46.1 Å². The number of phenolic OH excluding ortho intramolecular Hbond substituents is 1. The summed E-state index contributed by atoms with van der Waals surface area (Å²) in [5, 5.41) is 9.68. The van der Waals surface area contributed by atoms with E-state index in [9.17, 15) is 5.11 Å². The van der Waals surface area contributed by atoms with Gasteiger partial charge in [0.2, 0.25) is 0 Å². The van der Waals surface area contributed by atoms with E-state index < -0.39 is 0 Å². The van der Waals surface area contributed by atoms with E-state index in [0.29, 0.717) is 16.8 Å². The van der Waals surface area contributed by atoms with E-state index in [2.05, 4.69) is 15.9 Å². The first-order valence-electron chi connectivity index (χ1n) is 4.70. The minimum Gasteiger partial charge on any atom is -0.506 e. The first kappa shape index (κ1) is 13.7. The number of aryl methyl sites for hydroxylation is 1. The number of ether oxygens (including phenoxy) is 1. The van der Waals surface area contributed by atoms with E-state index in [1.165, 1.54) is 0 Å². The Balaban J connectivity index is 2.82. The van der Waals surface area contributed by atoms with Crippen LogP contribution in [0.1, 0.15) is 12.5 Å². The average molecular weight is 326 g/mol. The Kier molecular flexibility index (Phi) is 5.46. The van der Waals surface area contributed by atoms with Crippen LogP contribution in [0.15, 0.2) is 27.2 Å². The van der Waals surface area contributed by atoms with Gasteiger partial charge in [-0.25, -0.2) is 0 Å². The Bertz CT molecular complexity index is 401. The summed E-state index contributed by atoms with van der Waals surface area (Å²) in [4.78, 5) is 0. The predicted molar refractivity (Wildman–Crippen MR) is 70.5 cm³/mol. The fourth-order valence-electron chi connectivity index (χ4n) is 1.18. The lowest BCUT2D eigenvalue weighted by Crippen LogP contribution is -1.95. The van der Waals surface area contributed by atoms with Gasteiger partial charge in [-0.3, -0.25) is 0 Å². The quantitative estimate of drug-likeness (QED) is 0.888. The molecule has 0 aliphatic heterocycles. The molecule has 0 radical (unpaired) electrons. The van der Waals surface area contributed by atoms with E-state index in [4.69, 9.17) is 27.9 Å². The van der Waals surface area contributed by atoms with Crippen molar-refractivity contribution in [1.82, 2.24) is 0 Å². The van der Waals surface area contributed by atoms with E-state index in [1.54, 1.807) is 18.2 Å². The summed E-state index contributed by atoms with van der Waals surface area (Å²) in [5.41, 5.74) is 0.824. The first-order valence-corrected chi connectivity index (χ1v) is 6.24. The highest BCUT2D eigenvalue weighted by molar-refractivity contribution is 9.10. The van der Waals surface area contributed by atoms with Gasteiger partial charge < -0.3 is 9.84 Å². The number of hydrogen-bond donors (Lipinski definition) is 1. The lowest BCUT2D eigenvalue weighted by atomic mass is 10.1. The SMILES string of the molecule is CCc1cc(OCC=C(Cl)Cl)cc(Br)c1O. The molecule has 0 fully saturated rings. The summed E-state index contributed by atoms with van der Waals surface area (Å²) in [6.45, 7) is 2.25. The molecule has 0 aliphatic rings. The molecule has 0 saturated heterocycles. The Hall–Kier alpha value is -0.380. The van der Waals surface area contributed by atoms with Crippen LogP contribution in [0.2, 0.25) is 0 Å². The van der Waals surface area contributed by atoms with Crippen LogP contribution in [-0.4, -0.2) is 11.7 Å². The maximum Gasteiger partial charge on any atom is 0.133 e. The molecule has 5 heteroatoms. The van der Waals surface area contributed by atoms with Gasteiger partial charge in [0.1, 0.15) is 22.6 Å². The molecule has 0 spiro atoms. The number of rotatable bonds is 4. The predicted octanol–water partition coefficient (Wildman–Crippen LogP) is 4.41. The van der Waals surface area contributed by atoms with Crippen LogP contribution in [0.5, 0.6) is 11.5 Å². The number of aromatic hydroxyl groups is 1. The second kappa shape index (κ2) is 6.38. The molecular weight excluding hydrogens is 315 g/mol. The Morgan fingerprint density at radius 2 is 2.19 bits per heavy atom. The monoisotopic (exact) mass is 324 g/mol. The molecule has 0 aliphatic carbocycles. The molecule has 0 aromatic heterocycles. The van der Waals surface area contributed by atoms with Crippen molar-refractivity contribution < 1.29 is 9.84 Å². The molecule has 1 rings (SSSR count). The van der Waals surface area contributed by atoms with Crippen LogP contribution < -0.4 is 4.74 Å². The fourth-order valence-corrected chi connectivity index (χ4v) is 1.79. The molecule has 0 amide bonds. The third-order valence-electron chi connectivity index (χ3n) is 1.98. The zero-order chi connectivity index (χ0) is 12.1. The van der Waals surface area contributed by atoms with Crippen molar-refractivity contribution in [2.45, 2.75) is 13.3 Å². The zero-order valence-electron chi connectivity index (χ0n) is 8.64. The lowest BCUT2D eigenvalue weighted by Gasteiger charge is -2.09. The van der Waals surface area contributed by atoms with E-state index >= 15 is 0 Å². The summed E-state index contributed by atoms with van der Waals surface area (Å²) < 4.78 is 6.20. The summed E-state index contributed by atoms with van der Waals surface area (Å²) in [5.74, 6) is 0.910. The molecule has 0 heterocycles. The van der Waals surface area contributed by atoms with Gasteiger partial charge in [-0.1, -0.05) is 30.1 Å². The van der Waals surface area contributed by atoms with Crippen molar-refractivity contribution in [3.63, 3.8) is 0 Å². The van der Waals surface area contributed by atoms with Crippen molar-refractivity contribution in [1.29, 1.82) is 0 Å². The molecule has 0 saturated carbocycles. The number of benzene rings is 1. The van der Waals surface area contributed by atoms with Gasteiger partial charge in [0, 0.05) is 0 Å². The molecule has 16 heavy (non-hydrogen) atoms. The highest BCUT2D eigenvalue weighted by atomic mass is 79.9. The first-order chi connectivity index (χ1) is 7.54. The molecule has 0 bridgehead atoms. The molecule has 1 aromatic carbocycles. The van der Waals surface area contributed by atoms with Crippen molar-refractivity contribution >= 4 is 39.1 Å². The smallest absolute Gasteiger partial charge is 0.133 e. The van der Waals surface area contributed by atoms with Gasteiger partial charge in [0.05, 0.1) is 4.47 Å². The normalized spacial score (nSPS) is 10.0. The van der Waals surface area contributed by atoms with Crippen LogP contribution in [0, 0.1) is 0 Å². The molecule has 1 aromatic rings. The Labute approximate surface area is 113 Å². The van der Waals surface area contributed by atoms with Crippen molar-refractivity contribution in [3.8, 4) is 11.5 Å². The standard InChI is InChI=1S/C11H11BrCl2O2/c1-2-7-5-8(6-9(12)11(7)15)16-4-3-10(13)14/h3,5-6,15H,2,4H2,1H3. The summed E-state index contributed by atoms with van der Waals surface area (Å²) in [6, 6.07) is 3.49. The van der Waals surface area contributed by atoms with E-state index in [-0.39, 0.29) is 10.2 Å². The van der Waals surface area contributed by atoms with Gasteiger partial charge >= 0.3 is 0 Å². The highest BCUT2D eigenvalue weighted by Gasteiger charge is 2.07. The van der Waals surface area contributed by atoms with Gasteiger partial charge in [-0.15, -0.1) is 0 Å². The molecule has 88 valence electrons. The summed E-state index contributed by atoms with van der Waals surface area (Å²) in [6.07, 6.45) is 2.28. The number of phenols is 1. The van der Waals surface area contributed by atoms with E-state index in [0.717, 1.165) is 12.0 Å². The van der Waals surface area contributed by atoms with Gasteiger partial charge in [-0.2, -0.15) is 0 Å². The van der Waals surface area contributed by atoms with Crippen LogP contribution >= 0.6 is 39.1 Å². The van der Waals surface area contributed by atoms with Gasteiger partial charge in [0.15, 0.2) is 0 Å². The second-order valence-corrected chi connectivity index (χ2v) is 4.93. The maximum atomic E-state index is 9.68. The number of halogens is 3. The molecule has 1 N–H and O–H groups in total. The Morgan fingerprint density at radius 1 is 1.50 bits per heavy atom. The third kappa shape index (κ3) is 3.89. The molecule has 0 unspecified atom stereocenters. The second-order valence-electron chi connectivity index (χ2n) is 3.07. The maximum absolute atomic E-state index is 9.68. The Morgan fingerprint density at radius 3 is 2.75 bits per heavy atom. The van der Waals surface area contributed by atoms with Crippen molar-refractivity contribution in [2.24, 2.45) is 0 Å². The van der Waals surface area contributed by atoms with Crippen molar-refractivity contribution in [3.05, 3.63) is 32.7 Å².